The Morgan fingerprint density at radius 1 is 1.16 bits per heavy atom. The highest BCUT2D eigenvalue weighted by molar-refractivity contribution is 7.95. The highest BCUT2D eigenvalue weighted by atomic mass is 32.2. The van der Waals surface area contributed by atoms with Gasteiger partial charge in [-0.25, -0.2) is 25.8 Å². The lowest BCUT2D eigenvalue weighted by Crippen LogP contribution is -2.39. The van der Waals surface area contributed by atoms with E-state index in [0.717, 1.165) is 12.3 Å². The van der Waals surface area contributed by atoms with Gasteiger partial charge >= 0.3 is 0 Å². The van der Waals surface area contributed by atoms with E-state index in [1.165, 1.54) is 29.2 Å². The number of imidazole rings is 1. The molecule has 0 radical (unpaired) electrons. The molecular weight excluding hydrogens is 629 g/mol. The number of aryl methyl sites for hydroxylation is 1. The molecule has 45 heavy (non-hydrogen) atoms. The molecule has 10 nitrogen and oxygen atoms in total. The molecular formula is C32H38N4O6S2Si. The molecule has 13 heteroatoms. The van der Waals surface area contributed by atoms with Gasteiger partial charge in [-0.1, -0.05) is 37.8 Å². The fourth-order valence-corrected chi connectivity index (χ4v) is 8.92. The number of hydrogen-bond acceptors (Lipinski definition) is 8. The van der Waals surface area contributed by atoms with Crippen molar-refractivity contribution >= 4 is 49.9 Å². The molecule has 4 aromatic rings. The molecule has 0 saturated heterocycles. The van der Waals surface area contributed by atoms with Crippen LogP contribution in [0.2, 0.25) is 25.7 Å². The number of sulfone groups is 1. The average molecular weight is 667 g/mol. The van der Waals surface area contributed by atoms with Gasteiger partial charge in [0.1, 0.15) is 23.4 Å². The third-order valence-corrected chi connectivity index (χ3v) is 13.3. The zero-order chi connectivity index (χ0) is 32.9. The van der Waals surface area contributed by atoms with Crippen LogP contribution in [0.3, 0.4) is 0 Å². The minimum atomic E-state index is -4.16. The van der Waals surface area contributed by atoms with E-state index >= 15 is 0 Å². The van der Waals surface area contributed by atoms with Crippen LogP contribution in [0.1, 0.15) is 42.0 Å². The molecule has 2 unspecified atom stereocenters. The summed E-state index contributed by atoms with van der Waals surface area (Å²) < 4.78 is 60.4. The molecule has 2 atom stereocenters. The second kappa shape index (κ2) is 11.7. The third-order valence-electron chi connectivity index (χ3n) is 8.24. The van der Waals surface area contributed by atoms with E-state index < -0.39 is 38.8 Å². The predicted molar refractivity (Wildman–Crippen MR) is 179 cm³/mol. The van der Waals surface area contributed by atoms with Gasteiger partial charge in [0.2, 0.25) is 10.0 Å². The Hall–Kier alpha value is -3.54. The van der Waals surface area contributed by atoms with Crippen molar-refractivity contribution in [1.29, 1.82) is 5.26 Å². The Morgan fingerprint density at radius 3 is 2.56 bits per heavy atom. The van der Waals surface area contributed by atoms with Crippen molar-refractivity contribution in [2.45, 2.75) is 63.5 Å². The third kappa shape index (κ3) is 6.17. The van der Waals surface area contributed by atoms with Crippen LogP contribution in [0.15, 0.2) is 65.7 Å². The van der Waals surface area contributed by atoms with E-state index in [9.17, 15) is 27.2 Å². The van der Waals surface area contributed by atoms with Crippen LogP contribution in [0.4, 0.5) is 0 Å². The summed E-state index contributed by atoms with van der Waals surface area (Å²) in [6.07, 6.45) is 5.64. The molecule has 0 saturated carbocycles. The van der Waals surface area contributed by atoms with E-state index in [4.69, 9.17) is 9.72 Å². The molecule has 2 aromatic heterocycles. The number of benzene rings is 2. The molecule has 238 valence electrons. The van der Waals surface area contributed by atoms with Gasteiger partial charge in [-0.15, -0.1) is 0 Å². The summed E-state index contributed by atoms with van der Waals surface area (Å²) in [6.45, 7) is 10.7. The quantitative estimate of drug-likeness (QED) is 0.175. The van der Waals surface area contributed by atoms with Crippen LogP contribution < -0.4 is 0 Å². The van der Waals surface area contributed by atoms with Gasteiger partial charge in [0, 0.05) is 32.5 Å². The minimum Gasteiger partial charge on any atom is -0.380 e. The van der Waals surface area contributed by atoms with Crippen molar-refractivity contribution in [2.75, 3.05) is 12.9 Å². The number of allylic oxidation sites excluding steroid dienone is 2. The number of fused-ring (bicyclic) bond motifs is 2. The van der Waals surface area contributed by atoms with Gasteiger partial charge in [-0.05, 0) is 73.9 Å². The molecule has 0 aliphatic heterocycles. The van der Waals surface area contributed by atoms with Crippen LogP contribution in [0.5, 0.6) is 0 Å². The number of aliphatic hydroxyl groups excluding tert-OH is 1. The van der Waals surface area contributed by atoms with Crippen LogP contribution in [-0.4, -0.2) is 61.1 Å². The first kappa shape index (κ1) is 32.8. The Bertz CT molecular complexity index is 2130. The summed E-state index contributed by atoms with van der Waals surface area (Å²) in [7, 11) is -9.13. The maximum atomic E-state index is 14.2. The van der Waals surface area contributed by atoms with Crippen molar-refractivity contribution < 1.29 is 26.7 Å². The predicted octanol–water partition coefficient (Wildman–Crippen LogP) is 5.39. The summed E-state index contributed by atoms with van der Waals surface area (Å²) in [5.41, 5.74) is 3.19. The molecule has 5 rings (SSSR count). The second-order valence-electron chi connectivity index (χ2n) is 13.1. The molecule has 2 aromatic carbocycles. The van der Waals surface area contributed by atoms with Crippen LogP contribution in [0.25, 0.3) is 21.9 Å². The monoisotopic (exact) mass is 666 g/mol. The van der Waals surface area contributed by atoms with Crippen molar-refractivity contribution in [3.63, 3.8) is 0 Å². The highest BCUT2D eigenvalue weighted by Crippen LogP contribution is 2.38. The van der Waals surface area contributed by atoms with Crippen molar-refractivity contribution in [3.05, 3.63) is 88.2 Å². The Balaban J connectivity index is 1.61. The smallest absolute Gasteiger partial charge is 0.248 e. The maximum absolute atomic E-state index is 14.2. The van der Waals surface area contributed by atoms with Crippen LogP contribution >= 0.6 is 0 Å². The SMILES string of the molecule is Cc1ccc(C(O)c2nc3ccc(C#N)cc3n2COCC[Si](C)(C)C)c2ccn(S(=O)(=O)C3(C)C=C(S(C)(=O)=O)C=CC3)c12. The lowest BCUT2D eigenvalue weighted by Gasteiger charge is -2.29. The number of aliphatic hydroxyl groups is 1. The lowest BCUT2D eigenvalue weighted by molar-refractivity contribution is 0.0816. The standard InChI is InChI=1S/C32H38N4O6S2Si/c1-22-9-11-26(25-13-15-36(29(22)25)44(40,41)32(2)14-7-8-24(19-32)43(3,38)39)30(37)31-34-27-12-10-23(20-33)18-28(27)35(31)21-42-16-17-45(4,5)6/h7-13,15,18-19,30,37H,14,16-17,21H2,1-6H3. The number of ether oxygens (including phenoxy) is 1. The number of nitriles is 1. The minimum absolute atomic E-state index is 0.0466. The summed E-state index contributed by atoms with van der Waals surface area (Å²) in [6, 6.07) is 13.4. The second-order valence-corrected chi connectivity index (χ2v) is 23.0. The Labute approximate surface area is 265 Å². The number of hydrogen-bond donors (Lipinski definition) is 1. The fourth-order valence-electron chi connectivity index (χ4n) is 5.54. The first-order valence-corrected chi connectivity index (χ1v) is 21.6. The van der Waals surface area contributed by atoms with Gasteiger partial charge in [0.15, 0.2) is 9.84 Å². The Morgan fingerprint density at radius 2 is 1.89 bits per heavy atom. The average Bonchev–Trinajstić information content (AvgIpc) is 3.57. The topological polar surface area (TPSA) is 144 Å². The maximum Gasteiger partial charge on any atom is 0.248 e. The van der Waals surface area contributed by atoms with E-state index in [2.05, 4.69) is 25.7 Å². The molecule has 0 fully saturated rings. The molecule has 0 amide bonds. The molecule has 2 heterocycles. The largest absolute Gasteiger partial charge is 0.380 e. The molecule has 1 N–H and O–H groups in total. The Kier molecular flexibility index (Phi) is 8.52. The number of nitrogens with zero attached hydrogens (tertiary/aromatic N) is 4. The summed E-state index contributed by atoms with van der Waals surface area (Å²) in [4.78, 5) is 4.68. The zero-order valence-corrected chi connectivity index (χ0v) is 28.9. The van der Waals surface area contributed by atoms with Gasteiger partial charge < -0.3 is 14.4 Å². The first-order chi connectivity index (χ1) is 21.0. The molecule has 0 bridgehead atoms. The van der Waals surface area contributed by atoms with Crippen molar-refractivity contribution in [2.24, 2.45) is 0 Å². The normalized spacial score (nSPS) is 18.3. The highest BCUT2D eigenvalue weighted by Gasteiger charge is 2.41. The van der Waals surface area contributed by atoms with E-state index in [0.29, 0.717) is 51.1 Å². The van der Waals surface area contributed by atoms with Gasteiger partial charge in [-0.2, -0.15) is 5.26 Å². The van der Waals surface area contributed by atoms with E-state index in [1.807, 2.05) is 0 Å². The first-order valence-electron chi connectivity index (χ1n) is 14.6. The van der Waals surface area contributed by atoms with E-state index in [-0.39, 0.29) is 18.1 Å². The van der Waals surface area contributed by atoms with Crippen LogP contribution in [-0.2, 0) is 31.3 Å². The van der Waals surface area contributed by atoms with Gasteiger partial charge in [0.05, 0.1) is 33.1 Å². The van der Waals surface area contributed by atoms with Crippen molar-refractivity contribution in [1.82, 2.24) is 13.5 Å². The number of rotatable bonds is 10. The van der Waals surface area contributed by atoms with Gasteiger partial charge in [-0.3, -0.25) is 0 Å². The molecule has 1 aliphatic carbocycles. The van der Waals surface area contributed by atoms with Crippen molar-refractivity contribution in [3.8, 4) is 6.07 Å². The summed E-state index contributed by atoms with van der Waals surface area (Å²) >= 11 is 0. The fraction of sp³-hybridized carbons (Fsp3) is 0.375. The molecule has 0 spiro atoms. The zero-order valence-electron chi connectivity index (χ0n) is 26.3. The van der Waals surface area contributed by atoms with Crippen LogP contribution in [0, 0.1) is 18.3 Å². The lowest BCUT2D eigenvalue weighted by atomic mass is 10.0. The number of aromatic nitrogens is 3. The molecule has 1 aliphatic rings. The van der Waals surface area contributed by atoms with E-state index in [1.54, 1.807) is 54.0 Å². The van der Waals surface area contributed by atoms with Gasteiger partial charge in [0.25, 0.3) is 0 Å². The summed E-state index contributed by atoms with van der Waals surface area (Å²) in [5.74, 6) is 0.305. The summed E-state index contributed by atoms with van der Waals surface area (Å²) in [5, 5.41) is 21.9.